The molecule has 0 aliphatic carbocycles. The van der Waals surface area contributed by atoms with Gasteiger partial charge in [-0.3, -0.25) is 4.79 Å². The SMILES string of the molecule is CN(CCCNC(=O)c1occc1CS(=O)(=O)c1ccccc1)c1ccccc1F. The molecule has 1 amide bonds. The predicted octanol–water partition coefficient (Wildman–Crippen LogP) is 3.65. The van der Waals surface area contributed by atoms with E-state index in [2.05, 4.69) is 5.32 Å². The van der Waals surface area contributed by atoms with Crippen molar-refractivity contribution in [3.63, 3.8) is 0 Å². The third kappa shape index (κ3) is 5.27. The maximum Gasteiger partial charge on any atom is 0.287 e. The normalized spacial score (nSPS) is 11.3. The zero-order valence-electron chi connectivity index (χ0n) is 16.5. The second-order valence-electron chi connectivity index (χ2n) is 6.83. The zero-order valence-corrected chi connectivity index (χ0v) is 17.4. The largest absolute Gasteiger partial charge is 0.459 e. The minimum Gasteiger partial charge on any atom is -0.459 e. The van der Waals surface area contributed by atoms with Gasteiger partial charge in [-0.15, -0.1) is 0 Å². The van der Waals surface area contributed by atoms with Crippen LogP contribution in [0.2, 0.25) is 0 Å². The lowest BCUT2D eigenvalue weighted by Crippen LogP contribution is -2.29. The fraction of sp³-hybridized carbons (Fsp3) is 0.227. The van der Waals surface area contributed by atoms with E-state index < -0.39 is 15.7 Å². The monoisotopic (exact) mass is 430 g/mol. The maximum absolute atomic E-state index is 13.8. The van der Waals surface area contributed by atoms with E-state index in [1.807, 2.05) is 0 Å². The van der Waals surface area contributed by atoms with Gasteiger partial charge in [0.15, 0.2) is 15.6 Å². The summed E-state index contributed by atoms with van der Waals surface area (Å²) in [6.07, 6.45) is 1.88. The second-order valence-corrected chi connectivity index (χ2v) is 8.82. The molecule has 0 unspecified atom stereocenters. The molecule has 30 heavy (non-hydrogen) atoms. The summed E-state index contributed by atoms with van der Waals surface area (Å²) < 4.78 is 44.2. The number of furan rings is 1. The number of benzene rings is 2. The molecule has 158 valence electrons. The molecule has 3 rings (SSSR count). The van der Waals surface area contributed by atoms with Gasteiger partial charge in [-0.1, -0.05) is 30.3 Å². The molecule has 0 atom stereocenters. The minimum atomic E-state index is -3.59. The first-order valence-corrected chi connectivity index (χ1v) is 11.1. The van der Waals surface area contributed by atoms with Crippen molar-refractivity contribution in [2.75, 3.05) is 25.0 Å². The number of amides is 1. The number of rotatable bonds is 9. The first kappa shape index (κ1) is 21.6. The van der Waals surface area contributed by atoms with Gasteiger partial charge >= 0.3 is 0 Å². The number of hydrogen-bond donors (Lipinski definition) is 1. The zero-order chi connectivity index (χ0) is 21.6. The Balaban J connectivity index is 1.55. The Bertz CT molecular complexity index is 1100. The maximum atomic E-state index is 13.8. The number of hydrogen-bond acceptors (Lipinski definition) is 5. The molecule has 0 radical (unpaired) electrons. The number of halogens is 1. The highest BCUT2D eigenvalue weighted by molar-refractivity contribution is 7.90. The van der Waals surface area contributed by atoms with E-state index in [0.29, 0.717) is 30.8 Å². The van der Waals surface area contributed by atoms with E-state index in [-0.39, 0.29) is 22.2 Å². The number of nitrogens with zero attached hydrogens (tertiary/aromatic N) is 1. The summed E-state index contributed by atoms with van der Waals surface area (Å²) in [5, 5.41) is 2.72. The van der Waals surface area contributed by atoms with Crippen molar-refractivity contribution >= 4 is 21.4 Å². The Morgan fingerprint density at radius 1 is 1.07 bits per heavy atom. The average Bonchev–Trinajstić information content (AvgIpc) is 3.19. The summed E-state index contributed by atoms with van der Waals surface area (Å²) >= 11 is 0. The van der Waals surface area contributed by atoms with E-state index >= 15 is 0 Å². The second kappa shape index (κ2) is 9.58. The molecule has 2 aromatic carbocycles. The predicted molar refractivity (Wildman–Crippen MR) is 113 cm³/mol. The molecule has 0 bridgehead atoms. The highest BCUT2D eigenvalue weighted by Crippen LogP contribution is 2.20. The number of carbonyl (C=O) groups is 1. The molecule has 1 aromatic heterocycles. The molecular formula is C22H23FN2O4S. The quantitative estimate of drug-likeness (QED) is 0.524. The third-order valence-electron chi connectivity index (χ3n) is 4.62. The lowest BCUT2D eigenvalue weighted by atomic mass is 10.2. The number of nitrogens with one attached hydrogen (secondary N) is 1. The summed E-state index contributed by atoms with van der Waals surface area (Å²) in [4.78, 5) is 14.4. The fourth-order valence-corrected chi connectivity index (χ4v) is 4.42. The Labute approximate surface area is 175 Å². The first-order valence-electron chi connectivity index (χ1n) is 9.46. The number of carbonyl (C=O) groups excluding carboxylic acids is 1. The van der Waals surface area contributed by atoms with Gasteiger partial charge in [-0.25, -0.2) is 12.8 Å². The summed E-state index contributed by atoms with van der Waals surface area (Å²) in [6, 6.07) is 16.0. The Hall–Kier alpha value is -3.13. The molecule has 3 aromatic rings. The smallest absolute Gasteiger partial charge is 0.287 e. The molecule has 6 nitrogen and oxygen atoms in total. The third-order valence-corrected chi connectivity index (χ3v) is 6.30. The van der Waals surface area contributed by atoms with E-state index in [1.165, 1.54) is 30.5 Å². The standard InChI is InChI=1S/C22H23FN2O4S/c1-25(20-11-6-5-10-19(20)23)14-7-13-24-22(26)21-17(12-15-29-21)16-30(27,28)18-8-3-2-4-9-18/h2-6,8-12,15H,7,13-14,16H2,1H3,(H,24,26). The molecule has 8 heteroatoms. The summed E-state index contributed by atoms with van der Waals surface area (Å²) in [7, 11) is -1.82. The van der Waals surface area contributed by atoms with Crippen molar-refractivity contribution < 1.29 is 22.0 Å². The van der Waals surface area contributed by atoms with Crippen molar-refractivity contribution in [2.45, 2.75) is 17.1 Å². The van der Waals surface area contributed by atoms with Crippen LogP contribution in [0.4, 0.5) is 10.1 Å². The van der Waals surface area contributed by atoms with Gasteiger partial charge in [0.2, 0.25) is 0 Å². The van der Waals surface area contributed by atoms with Gasteiger partial charge in [0.25, 0.3) is 5.91 Å². The van der Waals surface area contributed by atoms with E-state index in [1.54, 1.807) is 48.3 Å². The summed E-state index contributed by atoms with van der Waals surface area (Å²) in [5.74, 6) is -1.13. The molecule has 0 saturated heterocycles. The first-order chi connectivity index (χ1) is 14.4. The lowest BCUT2D eigenvalue weighted by Gasteiger charge is -2.19. The Kier molecular flexibility index (Phi) is 6.89. The van der Waals surface area contributed by atoms with Gasteiger partial charge in [0.1, 0.15) is 5.82 Å². The van der Waals surface area contributed by atoms with Crippen LogP contribution >= 0.6 is 0 Å². The highest BCUT2D eigenvalue weighted by Gasteiger charge is 2.22. The number of anilines is 1. The van der Waals surface area contributed by atoms with Crippen LogP contribution in [0.3, 0.4) is 0 Å². The van der Waals surface area contributed by atoms with Crippen LogP contribution in [0.1, 0.15) is 22.5 Å². The summed E-state index contributed by atoms with van der Waals surface area (Å²) in [6.45, 7) is 0.873. The highest BCUT2D eigenvalue weighted by atomic mass is 32.2. The van der Waals surface area contributed by atoms with E-state index in [0.717, 1.165) is 0 Å². The molecule has 0 saturated carbocycles. The van der Waals surface area contributed by atoms with Crippen LogP contribution in [-0.2, 0) is 15.6 Å². The molecule has 1 heterocycles. The summed E-state index contributed by atoms with van der Waals surface area (Å²) in [5.41, 5.74) is 0.795. The Morgan fingerprint density at radius 2 is 1.77 bits per heavy atom. The van der Waals surface area contributed by atoms with Crippen LogP contribution in [0, 0.1) is 5.82 Å². The van der Waals surface area contributed by atoms with Crippen LogP contribution in [0.15, 0.2) is 76.2 Å². The van der Waals surface area contributed by atoms with Crippen LogP contribution in [0.25, 0.3) is 0 Å². The molecule has 0 aliphatic heterocycles. The van der Waals surface area contributed by atoms with Gasteiger partial charge in [0.05, 0.1) is 22.6 Å². The lowest BCUT2D eigenvalue weighted by molar-refractivity contribution is 0.0924. The Morgan fingerprint density at radius 3 is 2.50 bits per heavy atom. The molecule has 0 aliphatic rings. The molecular weight excluding hydrogens is 407 g/mol. The van der Waals surface area contributed by atoms with Gasteiger partial charge in [0, 0.05) is 25.7 Å². The number of para-hydroxylation sites is 1. The number of sulfone groups is 1. The van der Waals surface area contributed by atoms with Gasteiger partial charge < -0.3 is 14.6 Å². The topological polar surface area (TPSA) is 79.6 Å². The molecule has 1 N–H and O–H groups in total. The minimum absolute atomic E-state index is 0.0167. The van der Waals surface area contributed by atoms with Crippen molar-refractivity contribution in [1.82, 2.24) is 5.32 Å². The van der Waals surface area contributed by atoms with E-state index in [9.17, 15) is 17.6 Å². The molecule has 0 spiro atoms. The van der Waals surface area contributed by atoms with Gasteiger partial charge in [-0.05, 0) is 36.8 Å². The van der Waals surface area contributed by atoms with Crippen molar-refractivity contribution in [3.8, 4) is 0 Å². The van der Waals surface area contributed by atoms with Crippen LogP contribution < -0.4 is 10.2 Å². The average molecular weight is 431 g/mol. The molecule has 0 fully saturated rings. The van der Waals surface area contributed by atoms with Crippen LogP contribution in [-0.4, -0.2) is 34.5 Å². The van der Waals surface area contributed by atoms with Gasteiger partial charge in [-0.2, -0.15) is 0 Å². The van der Waals surface area contributed by atoms with Crippen molar-refractivity contribution in [1.29, 1.82) is 0 Å². The van der Waals surface area contributed by atoms with Crippen LogP contribution in [0.5, 0.6) is 0 Å². The fourth-order valence-electron chi connectivity index (χ4n) is 3.04. The van der Waals surface area contributed by atoms with Crippen molar-refractivity contribution in [3.05, 3.63) is 84.1 Å². The van der Waals surface area contributed by atoms with E-state index in [4.69, 9.17) is 4.42 Å². The van der Waals surface area contributed by atoms with Crippen molar-refractivity contribution in [2.24, 2.45) is 0 Å².